The standard InChI is InChI=1S/C20H22O2/c1-14(2)17-10-11-19(15(3)20(21)22-4)18(13-17)12-16-8-6-5-7-9-16/h5-11,13-14H,3,12H2,1-2,4H3. The van der Waals surface area contributed by atoms with E-state index in [1.54, 1.807) is 0 Å². The first-order chi connectivity index (χ1) is 10.5. The molecule has 114 valence electrons. The Morgan fingerprint density at radius 1 is 1.14 bits per heavy atom. The van der Waals surface area contributed by atoms with Crippen molar-refractivity contribution < 1.29 is 9.53 Å². The molecule has 2 aromatic rings. The van der Waals surface area contributed by atoms with Gasteiger partial charge in [0.1, 0.15) is 0 Å². The summed E-state index contributed by atoms with van der Waals surface area (Å²) in [4.78, 5) is 11.8. The fourth-order valence-corrected chi connectivity index (χ4v) is 2.46. The zero-order valence-corrected chi connectivity index (χ0v) is 13.4. The van der Waals surface area contributed by atoms with Gasteiger partial charge in [-0.2, -0.15) is 0 Å². The van der Waals surface area contributed by atoms with E-state index in [0.717, 1.165) is 17.5 Å². The highest BCUT2D eigenvalue weighted by Gasteiger charge is 2.15. The molecule has 2 rings (SSSR count). The molecule has 0 amide bonds. The summed E-state index contributed by atoms with van der Waals surface area (Å²) in [5.41, 5.74) is 4.84. The molecule has 0 aliphatic rings. The zero-order valence-electron chi connectivity index (χ0n) is 13.4. The monoisotopic (exact) mass is 294 g/mol. The second kappa shape index (κ2) is 7.08. The molecule has 22 heavy (non-hydrogen) atoms. The van der Waals surface area contributed by atoms with E-state index in [1.807, 2.05) is 24.3 Å². The number of rotatable bonds is 5. The summed E-state index contributed by atoms with van der Waals surface area (Å²) in [6.07, 6.45) is 0.771. The lowest BCUT2D eigenvalue weighted by Gasteiger charge is -2.15. The summed E-state index contributed by atoms with van der Waals surface area (Å²) in [5, 5.41) is 0. The average Bonchev–Trinajstić information content (AvgIpc) is 2.54. The maximum atomic E-state index is 11.8. The summed E-state index contributed by atoms with van der Waals surface area (Å²) in [6, 6.07) is 16.4. The largest absolute Gasteiger partial charge is 0.465 e. The van der Waals surface area contributed by atoms with Gasteiger partial charge in [-0.25, -0.2) is 4.79 Å². The number of hydrogen-bond acceptors (Lipinski definition) is 2. The number of hydrogen-bond donors (Lipinski definition) is 0. The minimum atomic E-state index is -0.383. The van der Waals surface area contributed by atoms with Crippen LogP contribution in [0.3, 0.4) is 0 Å². The predicted molar refractivity (Wildman–Crippen MR) is 90.8 cm³/mol. The highest BCUT2D eigenvalue weighted by Crippen LogP contribution is 2.26. The van der Waals surface area contributed by atoms with Crippen LogP contribution in [0.1, 0.15) is 42.0 Å². The van der Waals surface area contributed by atoms with E-state index in [9.17, 15) is 4.79 Å². The molecule has 0 saturated heterocycles. The Hall–Kier alpha value is -2.35. The topological polar surface area (TPSA) is 26.3 Å². The molecular formula is C20H22O2. The molecule has 2 nitrogen and oxygen atoms in total. The lowest BCUT2D eigenvalue weighted by molar-refractivity contribution is -0.133. The molecule has 0 spiro atoms. The summed E-state index contributed by atoms with van der Waals surface area (Å²) in [5.74, 6) is 0.0570. The number of ether oxygens (including phenoxy) is 1. The van der Waals surface area contributed by atoms with Crippen LogP contribution < -0.4 is 0 Å². The Labute approximate surface area is 132 Å². The van der Waals surface area contributed by atoms with E-state index in [4.69, 9.17) is 4.74 Å². The minimum absolute atomic E-state index is 0.383. The van der Waals surface area contributed by atoms with E-state index in [2.05, 4.69) is 44.7 Å². The Bertz CT molecular complexity index is 669. The smallest absolute Gasteiger partial charge is 0.337 e. The van der Waals surface area contributed by atoms with Gasteiger partial charge in [0.2, 0.25) is 0 Å². The van der Waals surface area contributed by atoms with E-state index < -0.39 is 0 Å². The second-order valence-corrected chi connectivity index (χ2v) is 5.70. The van der Waals surface area contributed by atoms with Gasteiger partial charge in [0.25, 0.3) is 0 Å². The van der Waals surface area contributed by atoms with Crippen molar-refractivity contribution in [1.29, 1.82) is 0 Å². The van der Waals surface area contributed by atoms with Crippen molar-refractivity contribution in [2.24, 2.45) is 0 Å². The summed E-state index contributed by atoms with van der Waals surface area (Å²) < 4.78 is 4.81. The predicted octanol–water partition coefficient (Wildman–Crippen LogP) is 4.59. The van der Waals surface area contributed by atoms with Gasteiger partial charge in [0.05, 0.1) is 12.7 Å². The van der Waals surface area contributed by atoms with Gasteiger partial charge in [-0.3, -0.25) is 0 Å². The van der Waals surface area contributed by atoms with Gasteiger partial charge in [-0.05, 0) is 34.6 Å². The molecule has 0 fully saturated rings. The van der Waals surface area contributed by atoms with E-state index in [0.29, 0.717) is 11.5 Å². The lowest BCUT2D eigenvalue weighted by Crippen LogP contribution is -2.06. The third-order valence-electron chi connectivity index (χ3n) is 3.79. The Morgan fingerprint density at radius 3 is 2.41 bits per heavy atom. The minimum Gasteiger partial charge on any atom is -0.465 e. The molecular weight excluding hydrogens is 272 g/mol. The van der Waals surface area contributed by atoms with Crippen LogP contribution in [0.2, 0.25) is 0 Å². The number of benzene rings is 2. The van der Waals surface area contributed by atoms with Crippen LogP contribution in [0, 0.1) is 0 Å². The number of esters is 1. The van der Waals surface area contributed by atoms with Gasteiger partial charge in [0.15, 0.2) is 0 Å². The van der Waals surface area contributed by atoms with Gasteiger partial charge in [-0.1, -0.05) is 69.0 Å². The first-order valence-electron chi connectivity index (χ1n) is 7.47. The van der Waals surface area contributed by atoms with Gasteiger partial charge >= 0.3 is 5.97 Å². The molecule has 0 aromatic heterocycles. The number of carbonyl (C=O) groups is 1. The van der Waals surface area contributed by atoms with Crippen molar-refractivity contribution in [2.45, 2.75) is 26.2 Å². The molecule has 0 aliphatic heterocycles. The van der Waals surface area contributed by atoms with E-state index in [-0.39, 0.29) is 5.97 Å². The lowest BCUT2D eigenvalue weighted by atomic mass is 9.91. The van der Waals surface area contributed by atoms with Crippen LogP contribution in [-0.4, -0.2) is 13.1 Å². The van der Waals surface area contributed by atoms with Crippen molar-refractivity contribution in [2.75, 3.05) is 7.11 Å². The van der Waals surface area contributed by atoms with Gasteiger partial charge < -0.3 is 4.74 Å². The normalized spacial score (nSPS) is 10.5. The fraction of sp³-hybridized carbons (Fsp3) is 0.250. The molecule has 0 radical (unpaired) electrons. The maximum Gasteiger partial charge on any atom is 0.337 e. The highest BCUT2D eigenvalue weighted by molar-refractivity contribution is 6.16. The Balaban J connectivity index is 2.44. The van der Waals surface area contributed by atoms with E-state index >= 15 is 0 Å². The molecule has 0 bridgehead atoms. The number of carbonyl (C=O) groups excluding carboxylic acids is 1. The van der Waals surface area contributed by atoms with Crippen molar-refractivity contribution in [3.8, 4) is 0 Å². The first-order valence-corrected chi connectivity index (χ1v) is 7.47. The van der Waals surface area contributed by atoms with Crippen LogP contribution >= 0.6 is 0 Å². The molecule has 0 N–H and O–H groups in total. The summed E-state index contributed by atoms with van der Waals surface area (Å²) in [6.45, 7) is 8.22. The van der Waals surface area contributed by atoms with Crippen LogP contribution in [0.5, 0.6) is 0 Å². The molecule has 0 unspecified atom stereocenters. The Morgan fingerprint density at radius 2 is 1.82 bits per heavy atom. The number of methoxy groups -OCH3 is 1. The summed E-state index contributed by atoms with van der Waals surface area (Å²) >= 11 is 0. The van der Waals surface area contributed by atoms with Crippen LogP contribution in [0.15, 0.2) is 55.1 Å². The van der Waals surface area contributed by atoms with Crippen LogP contribution in [-0.2, 0) is 16.0 Å². The molecule has 2 aromatic carbocycles. The maximum absolute atomic E-state index is 11.8. The average molecular weight is 294 g/mol. The van der Waals surface area contributed by atoms with Crippen LogP contribution in [0.25, 0.3) is 5.57 Å². The first kappa shape index (κ1) is 16.0. The summed E-state index contributed by atoms with van der Waals surface area (Å²) in [7, 11) is 1.38. The SMILES string of the molecule is C=C(C(=O)OC)c1ccc(C(C)C)cc1Cc1ccccc1. The molecule has 0 saturated carbocycles. The van der Waals surface area contributed by atoms with Crippen molar-refractivity contribution in [3.05, 3.63) is 77.4 Å². The Kier molecular flexibility index (Phi) is 5.16. The van der Waals surface area contributed by atoms with E-state index in [1.165, 1.54) is 18.2 Å². The molecule has 0 atom stereocenters. The molecule has 0 aliphatic carbocycles. The molecule has 0 heterocycles. The fourth-order valence-electron chi connectivity index (χ4n) is 2.46. The van der Waals surface area contributed by atoms with Gasteiger partial charge in [-0.15, -0.1) is 0 Å². The van der Waals surface area contributed by atoms with Crippen LogP contribution in [0.4, 0.5) is 0 Å². The third kappa shape index (κ3) is 3.64. The molecule has 2 heteroatoms. The van der Waals surface area contributed by atoms with Crippen molar-refractivity contribution in [3.63, 3.8) is 0 Å². The second-order valence-electron chi connectivity index (χ2n) is 5.70. The third-order valence-corrected chi connectivity index (χ3v) is 3.79. The van der Waals surface area contributed by atoms with Crippen molar-refractivity contribution >= 4 is 11.5 Å². The highest BCUT2D eigenvalue weighted by atomic mass is 16.5. The van der Waals surface area contributed by atoms with Crippen molar-refractivity contribution in [1.82, 2.24) is 0 Å². The van der Waals surface area contributed by atoms with Gasteiger partial charge in [0, 0.05) is 0 Å². The zero-order chi connectivity index (χ0) is 16.1. The quantitative estimate of drug-likeness (QED) is 0.595.